The summed E-state index contributed by atoms with van der Waals surface area (Å²) in [6.07, 6.45) is 2.41. The van der Waals surface area contributed by atoms with Gasteiger partial charge < -0.3 is 0 Å². The van der Waals surface area contributed by atoms with Crippen LogP contribution in [-0.4, -0.2) is 0 Å². The van der Waals surface area contributed by atoms with Gasteiger partial charge in [-0.1, -0.05) is 60.1 Å². The number of rotatable bonds is 2. The SMILES string of the molecule is CC(C)/C=C(/C(C)C)C(C)(C)C. The maximum Gasteiger partial charge on any atom is -0.0170 e. The van der Waals surface area contributed by atoms with Crippen LogP contribution in [0.3, 0.4) is 0 Å². The van der Waals surface area contributed by atoms with E-state index in [1.807, 2.05) is 0 Å². The molecule has 0 aliphatic carbocycles. The molecule has 0 atom stereocenters. The topological polar surface area (TPSA) is 0 Å². The van der Waals surface area contributed by atoms with Gasteiger partial charge >= 0.3 is 0 Å². The third-order valence-corrected chi connectivity index (χ3v) is 2.00. The van der Waals surface area contributed by atoms with Crippen molar-refractivity contribution in [2.24, 2.45) is 17.3 Å². The summed E-state index contributed by atoms with van der Waals surface area (Å²) >= 11 is 0. The molecule has 0 spiro atoms. The van der Waals surface area contributed by atoms with Gasteiger partial charge in [0.05, 0.1) is 0 Å². The number of hydrogen-bond donors (Lipinski definition) is 0. The molecule has 0 fully saturated rings. The van der Waals surface area contributed by atoms with Crippen molar-refractivity contribution in [2.45, 2.75) is 48.5 Å². The minimum Gasteiger partial charge on any atom is -0.0820 e. The maximum absolute atomic E-state index is 2.41. The highest BCUT2D eigenvalue weighted by Gasteiger charge is 2.19. The van der Waals surface area contributed by atoms with Gasteiger partial charge in [-0.3, -0.25) is 0 Å². The van der Waals surface area contributed by atoms with E-state index < -0.39 is 0 Å². The predicted octanol–water partition coefficient (Wildman–Crippen LogP) is 4.27. The van der Waals surface area contributed by atoms with Crippen LogP contribution in [0.15, 0.2) is 11.6 Å². The van der Waals surface area contributed by atoms with Crippen LogP contribution in [0, 0.1) is 17.3 Å². The Bertz CT molecular complexity index is 153. The average Bonchev–Trinajstić information content (AvgIpc) is 1.79. The molecule has 0 aromatic carbocycles. The Morgan fingerprint density at radius 3 is 1.50 bits per heavy atom. The first kappa shape index (κ1) is 11.7. The molecule has 0 aliphatic rings. The van der Waals surface area contributed by atoms with E-state index in [1.165, 1.54) is 0 Å². The largest absolute Gasteiger partial charge is 0.0820 e. The normalized spacial score (nSPS) is 14.6. The van der Waals surface area contributed by atoms with Crippen molar-refractivity contribution in [2.75, 3.05) is 0 Å². The third kappa shape index (κ3) is 3.94. The molecule has 0 bridgehead atoms. The number of allylic oxidation sites excluding steroid dienone is 2. The maximum atomic E-state index is 2.41. The van der Waals surface area contributed by atoms with E-state index in [0.29, 0.717) is 17.3 Å². The highest BCUT2D eigenvalue weighted by Crippen LogP contribution is 2.32. The van der Waals surface area contributed by atoms with Gasteiger partial charge in [0.25, 0.3) is 0 Å². The van der Waals surface area contributed by atoms with Gasteiger partial charge in [0.1, 0.15) is 0 Å². The molecule has 0 heteroatoms. The molecule has 0 aliphatic heterocycles. The summed E-state index contributed by atoms with van der Waals surface area (Å²) in [5.41, 5.74) is 1.91. The van der Waals surface area contributed by atoms with Crippen molar-refractivity contribution in [3.63, 3.8) is 0 Å². The summed E-state index contributed by atoms with van der Waals surface area (Å²) in [4.78, 5) is 0. The van der Waals surface area contributed by atoms with Crippen molar-refractivity contribution in [1.82, 2.24) is 0 Å². The summed E-state index contributed by atoms with van der Waals surface area (Å²) < 4.78 is 0. The lowest BCUT2D eigenvalue weighted by Gasteiger charge is -2.27. The molecule has 0 radical (unpaired) electrons. The standard InChI is InChI=1S/C12H24/c1-9(2)8-11(10(3)4)12(5,6)7/h8-10H,1-7H3/b11-8-. The van der Waals surface area contributed by atoms with Crippen LogP contribution in [0.1, 0.15) is 48.5 Å². The first-order valence-electron chi connectivity index (χ1n) is 4.97. The predicted molar refractivity (Wildman–Crippen MR) is 57.2 cm³/mol. The van der Waals surface area contributed by atoms with Crippen molar-refractivity contribution >= 4 is 0 Å². The molecule has 0 rings (SSSR count). The van der Waals surface area contributed by atoms with Gasteiger partial charge in [-0.05, 0) is 17.3 Å². The quantitative estimate of drug-likeness (QED) is 0.540. The molecule has 0 amide bonds. The lowest BCUT2D eigenvalue weighted by atomic mass is 9.79. The van der Waals surface area contributed by atoms with E-state index in [-0.39, 0.29) is 0 Å². The van der Waals surface area contributed by atoms with Crippen molar-refractivity contribution in [3.05, 3.63) is 11.6 Å². The van der Waals surface area contributed by atoms with Gasteiger partial charge in [-0.2, -0.15) is 0 Å². The number of hydrogen-bond acceptors (Lipinski definition) is 0. The second-order valence-electron chi connectivity index (χ2n) is 5.27. The molecule has 0 N–H and O–H groups in total. The van der Waals surface area contributed by atoms with Gasteiger partial charge in [0, 0.05) is 0 Å². The van der Waals surface area contributed by atoms with Crippen molar-refractivity contribution in [3.8, 4) is 0 Å². The second-order valence-corrected chi connectivity index (χ2v) is 5.27. The van der Waals surface area contributed by atoms with Crippen LogP contribution in [0.2, 0.25) is 0 Å². The monoisotopic (exact) mass is 168 g/mol. The Balaban J connectivity index is 4.68. The van der Waals surface area contributed by atoms with Gasteiger partial charge in [-0.15, -0.1) is 0 Å². The molecule has 12 heavy (non-hydrogen) atoms. The van der Waals surface area contributed by atoms with E-state index in [9.17, 15) is 0 Å². The van der Waals surface area contributed by atoms with E-state index in [0.717, 1.165) is 0 Å². The highest BCUT2D eigenvalue weighted by molar-refractivity contribution is 5.13. The summed E-state index contributed by atoms with van der Waals surface area (Å²) in [5, 5.41) is 0. The van der Waals surface area contributed by atoms with Crippen molar-refractivity contribution in [1.29, 1.82) is 0 Å². The van der Waals surface area contributed by atoms with Crippen LogP contribution in [0.25, 0.3) is 0 Å². The van der Waals surface area contributed by atoms with Crippen LogP contribution >= 0.6 is 0 Å². The molecule has 0 aromatic heterocycles. The zero-order valence-corrected chi connectivity index (χ0v) is 9.73. The van der Waals surface area contributed by atoms with Gasteiger partial charge in [-0.25, -0.2) is 0 Å². The van der Waals surface area contributed by atoms with Gasteiger partial charge in [0.2, 0.25) is 0 Å². The van der Waals surface area contributed by atoms with E-state index >= 15 is 0 Å². The zero-order valence-electron chi connectivity index (χ0n) is 9.73. The molecular formula is C12H24. The Labute approximate surface area is 78.1 Å². The molecule has 72 valence electrons. The Hall–Kier alpha value is -0.260. The third-order valence-electron chi connectivity index (χ3n) is 2.00. The molecule has 0 unspecified atom stereocenters. The summed E-state index contributed by atoms with van der Waals surface area (Å²) in [6, 6.07) is 0. The summed E-state index contributed by atoms with van der Waals surface area (Å²) in [5.74, 6) is 1.34. The molecule has 0 nitrogen and oxygen atoms in total. The lowest BCUT2D eigenvalue weighted by molar-refractivity contribution is 0.442. The second kappa shape index (κ2) is 4.11. The summed E-state index contributed by atoms with van der Waals surface area (Å²) in [6.45, 7) is 15.9. The first-order valence-corrected chi connectivity index (χ1v) is 4.97. The fourth-order valence-electron chi connectivity index (χ4n) is 1.67. The smallest absolute Gasteiger partial charge is 0.0170 e. The van der Waals surface area contributed by atoms with Crippen LogP contribution < -0.4 is 0 Å². The van der Waals surface area contributed by atoms with E-state index in [4.69, 9.17) is 0 Å². The Morgan fingerprint density at radius 1 is 1.00 bits per heavy atom. The minimum absolute atomic E-state index is 0.332. The minimum atomic E-state index is 0.332. The first-order chi connectivity index (χ1) is 5.25. The van der Waals surface area contributed by atoms with E-state index in [1.54, 1.807) is 5.57 Å². The molecule has 0 heterocycles. The van der Waals surface area contributed by atoms with Crippen molar-refractivity contribution < 1.29 is 0 Å². The Kier molecular flexibility index (Phi) is 4.02. The molecule has 0 aromatic rings. The molecular weight excluding hydrogens is 144 g/mol. The molecule has 0 saturated carbocycles. The van der Waals surface area contributed by atoms with Gasteiger partial charge in [0.15, 0.2) is 0 Å². The fourth-order valence-corrected chi connectivity index (χ4v) is 1.67. The Morgan fingerprint density at radius 2 is 1.42 bits per heavy atom. The molecule has 0 saturated heterocycles. The highest BCUT2D eigenvalue weighted by atomic mass is 14.2. The fraction of sp³-hybridized carbons (Fsp3) is 0.833. The van der Waals surface area contributed by atoms with Crippen LogP contribution in [-0.2, 0) is 0 Å². The zero-order chi connectivity index (χ0) is 9.94. The average molecular weight is 168 g/mol. The van der Waals surface area contributed by atoms with Crippen LogP contribution in [0.5, 0.6) is 0 Å². The summed E-state index contributed by atoms with van der Waals surface area (Å²) in [7, 11) is 0. The van der Waals surface area contributed by atoms with E-state index in [2.05, 4.69) is 54.5 Å². The van der Waals surface area contributed by atoms with Crippen LogP contribution in [0.4, 0.5) is 0 Å². The lowest BCUT2D eigenvalue weighted by Crippen LogP contribution is -2.15.